The molecule has 0 aromatic rings. The Morgan fingerprint density at radius 2 is 1.43 bits per heavy atom. The maximum atomic E-state index is 6.00. The topological polar surface area (TPSA) is 71.6 Å². The van der Waals surface area contributed by atoms with Gasteiger partial charge in [-0.05, 0) is 6.42 Å². The van der Waals surface area contributed by atoms with E-state index in [2.05, 4.69) is 10.9 Å². The van der Waals surface area contributed by atoms with Crippen LogP contribution >= 0.6 is 0 Å². The highest BCUT2D eigenvalue weighted by Gasteiger charge is 1.91. The van der Waals surface area contributed by atoms with Crippen molar-refractivity contribution in [3.63, 3.8) is 0 Å². The second kappa shape index (κ2) is 5.34. The van der Waals surface area contributed by atoms with E-state index >= 15 is 0 Å². The Morgan fingerprint density at radius 1 is 1.00 bits per heavy atom. The molecule has 1 saturated heterocycles. The van der Waals surface area contributed by atoms with Crippen molar-refractivity contribution in [1.29, 1.82) is 10.8 Å². The van der Waals surface area contributed by atoms with Gasteiger partial charge in [-0.3, -0.25) is 10.9 Å². The predicted molar refractivity (Wildman–Crippen MR) is 24.1 cm³/mol. The van der Waals surface area contributed by atoms with Crippen LogP contribution in [0, 0.1) is 10.8 Å². The lowest BCUT2D eigenvalue weighted by Crippen LogP contribution is -2.21. The van der Waals surface area contributed by atoms with Gasteiger partial charge in [0.05, 0.1) is 0 Å². The fraction of sp³-hybridized carbons (Fsp3) is 1.00. The molecule has 0 saturated carbocycles. The van der Waals surface area contributed by atoms with Gasteiger partial charge in [0.1, 0.15) is 0 Å². The predicted octanol–water partition coefficient (Wildman–Crippen LogP) is -0.486. The van der Waals surface area contributed by atoms with Crippen LogP contribution in [0.15, 0.2) is 0 Å². The van der Waals surface area contributed by atoms with Gasteiger partial charge < -0.3 is 0 Å². The summed E-state index contributed by atoms with van der Waals surface area (Å²) in [6.07, 6.45) is 1.28. The summed E-state index contributed by atoms with van der Waals surface area (Å²) in [4.78, 5) is 0. The molecular formula is C3H8N4. The molecule has 0 atom stereocenters. The van der Waals surface area contributed by atoms with Gasteiger partial charge in [-0.15, -0.1) is 0 Å². The van der Waals surface area contributed by atoms with Crippen LogP contribution in [0.1, 0.15) is 6.42 Å². The average molecular weight is 100 g/mol. The third kappa shape index (κ3) is 3.16. The molecule has 0 aromatic heterocycles. The van der Waals surface area contributed by atoms with E-state index in [9.17, 15) is 0 Å². The Balaban J connectivity index is 0.000000162. The van der Waals surface area contributed by atoms with Crippen molar-refractivity contribution in [3.05, 3.63) is 0 Å². The first kappa shape index (κ1) is 6.34. The molecule has 0 unspecified atom stereocenters. The number of hydrogen-bond donors (Lipinski definition) is 2. The van der Waals surface area contributed by atoms with E-state index in [-0.39, 0.29) is 0 Å². The molecule has 40 valence electrons. The molecule has 0 radical (unpaired) electrons. The zero-order valence-electron chi connectivity index (χ0n) is 4.02. The van der Waals surface area contributed by atoms with Gasteiger partial charge in [-0.2, -0.15) is 0 Å². The highest BCUT2D eigenvalue weighted by atomic mass is 15.4. The van der Waals surface area contributed by atoms with E-state index in [1.165, 1.54) is 6.42 Å². The van der Waals surface area contributed by atoms with Crippen LogP contribution in [0.2, 0.25) is 0 Å². The van der Waals surface area contributed by atoms with Crippen LogP contribution in [0.4, 0.5) is 0 Å². The van der Waals surface area contributed by atoms with Gasteiger partial charge in [-0.1, -0.05) is 0 Å². The average Bonchev–Trinajstić information content (AvgIpc) is 2.23. The van der Waals surface area contributed by atoms with E-state index in [1.54, 1.807) is 0 Å². The molecule has 1 heterocycles. The molecule has 1 aliphatic heterocycles. The first-order valence-electron chi connectivity index (χ1n) is 2.16. The van der Waals surface area contributed by atoms with Gasteiger partial charge in [-0.25, -0.2) is 0 Å². The van der Waals surface area contributed by atoms with Crippen molar-refractivity contribution in [3.8, 4) is 0 Å². The van der Waals surface area contributed by atoms with E-state index in [4.69, 9.17) is 10.8 Å². The van der Waals surface area contributed by atoms with Gasteiger partial charge in [0.25, 0.3) is 0 Å². The number of nitrogens with one attached hydrogen (secondary N) is 2. The van der Waals surface area contributed by atoms with Crippen LogP contribution in [-0.4, -0.2) is 13.1 Å². The lowest BCUT2D eigenvalue weighted by atomic mass is 10.5. The highest BCUT2D eigenvalue weighted by molar-refractivity contribution is 4.51. The zero-order chi connectivity index (χ0) is 5.54. The Bertz CT molecular complexity index is 38.5. The van der Waals surface area contributed by atoms with Crippen molar-refractivity contribution in [2.75, 3.05) is 13.1 Å². The smallest absolute Gasteiger partial charge is 0.0112 e. The maximum absolute atomic E-state index is 6.00. The first-order chi connectivity index (χ1) is 3.50. The summed E-state index contributed by atoms with van der Waals surface area (Å²) in [5.41, 5.74) is 5.94. The molecule has 0 aromatic carbocycles. The van der Waals surface area contributed by atoms with Crippen LogP contribution < -0.4 is 10.9 Å². The highest BCUT2D eigenvalue weighted by Crippen LogP contribution is 1.74. The summed E-state index contributed by atoms with van der Waals surface area (Å²) in [7, 11) is 0. The van der Waals surface area contributed by atoms with Crippen molar-refractivity contribution in [1.82, 2.24) is 10.9 Å². The minimum Gasteiger partial charge on any atom is -0.258 e. The molecule has 2 N–H and O–H groups in total. The Morgan fingerprint density at radius 3 is 1.57 bits per heavy atom. The van der Waals surface area contributed by atoms with Gasteiger partial charge in [0.15, 0.2) is 0 Å². The summed E-state index contributed by atoms with van der Waals surface area (Å²) >= 11 is 0. The lowest BCUT2D eigenvalue weighted by Gasteiger charge is -1.81. The van der Waals surface area contributed by atoms with Crippen molar-refractivity contribution in [2.24, 2.45) is 0 Å². The Hall–Kier alpha value is -0.660. The van der Waals surface area contributed by atoms with E-state index < -0.39 is 0 Å². The van der Waals surface area contributed by atoms with Crippen LogP contribution in [0.3, 0.4) is 0 Å². The van der Waals surface area contributed by atoms with Gasteiger partial charge >= 0.3 is 0 Å². The lowest BCUT2D eigenvalue weighted by molar-refractivity contribution is 0.689. The fourth-order valence-corrected chi connectivity index (χ4v) is 0.442. The molecule has 0 aliphatic carbocycles. The van der Waals surface area contributed by atoms with E-state index in [0.29, 0.717) is 0 Å². The maximum Gasteiger partial charge on any atom is 0.0112 e. The Kier molecular flexibility index (Phi) is 4.84. The monoisotopic (exact) mass is 100 g/mol. The number of rotatable bonds is 0. The zero-order valence-corrected chi connectivity index (χ0v) is 4.02. The summed E-state index contributed by atoms with van der Waals surface area (Å²) in [6, 6.07) is 0. The molecule has 1 rings (SSSR count). The van der Waals surface area contributed by atoms with Crippen LogP contribution in [0.5, 0.6) is 0 Å². The number of nitrogens with zero attached hydrogens (tertiary/aromatic N) is 2. The summed E-state index contributed by atoms with van der Waals surface area (Å²) in [5, 5.41) is 12.0. The summed E-state index contributed by atoms with van der Waals surface area (Å²) in [6.45, 7) is 2.28. The van der Waals surface area contributed by atoms with Gasteiger partial charge in [0.2, 0.25) is 0 Å². The molecule has 7 heavy (non-hydrogen) atoms. The first-order valence-corrected chi connectivity index (χ1v) is 2.16. The van der Waals surface area contributed by atoms with Crippen LogP contribution in [-0.2, 0) is 0 Å². The van der Waals surface area contributed by atoms with Gasteiger partial charge in [0, 0.05) is 23.9 Å². The minimum absolute atomic E-state index is 1.14. The summed E-state index contributed by atoms with van der Waals surface area (Å²) < 4.78 is 0. The number of hydrazine groups is 1. The second-order valence-corrected chi connectivity index (χ2v) is 1.21. The largest absolute Gasteiger partial charge is 0.258 e. The van der Waals surface area contributed by atoms with Crippen molar-refractivity contribution in [2.45, 2.75) is 6.42 Å². The third-order valence-electron chi connectivity index (χ3n) is 0.729. The van der Waals surface area contributed by atoms with Crippen molar-refractivity contribution >= 4 is 0 Å². The second-order valence-electron chi connectivity index (χ2n) is 1.21. The molecule has 0 spiro atoms. The summed E-state index contributed by atoms with van der Waals surface area (Å²) in [5.74, 6) is 0. The SMILES string of the molecule is C1CNNC1.N#N. The Labute approximate surface area is 42.3 Å². The molecule has 4 heteroatoms. The molecule has 0 amide bonds. The van der Waals surface area contributed by atoms with E-state index in [1.807, 2.05) is 0 Å². The van der Waals surface area contributed by atoms with Crippen LogP contribution in [0.25, 0.3) is 0 Å². The number of hydrogen-bond acceptors (Lipinski definition) is 4. The molecule has 4 nitrogen and oxygen atoms in total. The molecular weight excluding hydrogens is 92.1 g/mol. The quantitative estimate of drug-likeness (QED) is 0.403. The standard InChI is InChI=1S/C3H8N2.N2/c1-2-4-5-3-1;1-2/h4-5H,1-3H2;. The molecule has 1 fully saturated rings. The van der Waals surface area contributed by atoms with E-state index in [0.717, 1.165) is 13.1 Å². The fourth-order valence-electron chi connectivity index (χ4n) is 0.442. The third-order valence-corrected chi connectivity index (χ3v) is 0.729. The molecule has 0 bridgehead atoms. The van der Waals surface area contributed by atoms with Crippen molar-refractivity contribution < 1.29 is 0 Å². The minimum atomic E-state index is 1.14. The normalized spacial score (nSPS) is 17.4. The molecule has 1 aliphatic rings.